The smallest absolute Gasteiger partial charge is 0.437 e. The lowest BCUT2D eigenvalue weighted by Gasteiger charge is -2.30. The van der Waals surface area contributed by atoms with Crippen LogP contribution in [0.3, 0.4) is 0 Å². The van der Waals surface area contributed by atoms with Crippen LogP contribution in [0.25, 0.3) is 33.9 Å². The van der Waals surface area contributed by atoms with Crippen LogP contribution in [0.4, 0.5) is 28.0 Å². The summed E-state index contributed by atoms with van der Waals surface area (Å²) < 4.78 is 55.2. The van der Waals surface area contributed by atoms with Gasteiger partial charge in [0, 0.05) is 32.7 Å². The summed E-state index contributed by atoms with van der Waals surface area (Å²) in [5.74, 6) is -0.724. The average Bonchev–Trinajstić information content (AvgIpc) is 3.61. The van der Waals surface area contributed by atoms with Crippen molar-refractivity contribution in [2.75, 3.05) is 26.2 Å². The molecule has 4 amide bonds. The molecule has 0 spiro atoms. The molecule has 2 aliphatic rings. The van der Waals surface area contributed by atoms with E-state index < -0.39 is 58.4 Å². The summed E-state index contributed by atoms with van der Waals surface area (Å²) in [7, 11) is 0. The van der Waals surface area contributed by atoms with Crippen LogP contribution >= 0.6 is 0 Å². The standard InChI is InChI=1S/C48H63F2N9O8/c1-14-59-37(33-17-15-31(27-35(33)49)29-19-23-57(24-20-29)39(51-41(60)64-45(2,3)4)52-42(61)65-46(5,6)7)55-56-38(59)34-18-16-32(28-36(34)50)30-21-25-58(26-22-30)40(53-43(62)66-47(8,9)10)54-44(63)67-48(11,12)13/h15-19,21,27-28H,14,20,22-26H2,1-13H3,(H,51,52,60,61)(H,53,54,62,63). The molecule has 0 saturated carbocycles. The van der Waals surface area contributed by atoms with Gasteiger partial charge in [-0.15, -0.1) is 20.2 Å². The molecule has 1 aromatic heterocycles. The minimum atomic E-state index is -0.878. The van der Waals surface area contributed by atoms with E-state index in [0.717, 1.165) is 11.1 Å². The molecule has 0 bridgehead atoms. The molecule has 2 aromatic carbocycles. The van der Waals surface area contributed by atoms with E-state index in [4.69, 9.17) is 18.9 Å². The molecular formula is C48H63F2N9O8. The SMILES string of the molecule is CCn1c(-c2ccc(C3=CCN(C(=NC(=O)OC(C)(C)C)NC(=O)OC(C)(C)C)CC3)cc2F)nnc1-c1ccc(C2=CCN(C(=NC(=O)OC(C)(C)C)NC(=O)OC(C)(C)C)CC2)cc1F. The molecule has 3 aromatic rings. The van der Waals surface area contributed by atoms with Crippen LogP contribution in [0.5, 0.6) is 0 Å². The number of hydrogen-bond donors (Lipinski definition) is 2. The Morgan fingerprint density at radius 3 is 1.24 bits per heavy atom. The highest BCUT2D eigenvalue weighted by molar-refractivity contribution is 6.00. The third-order valence-corrected chi connectivity index (χ3v) is 9.65. The molecule has 19 heteroatoms. The Bertz CT molecular complexity index is 2320. The van der Waals surface area contributed by atoms with E-state index in [-0.39, 0.29) is 47.8 Å². The minimum Gasteiger partial charge on any atom is -0.444 e. The number of carbonyl (C=O) groups is 4. The van der Waals surface area contributed by atoms with E-state index in [1.165, 1.54) is 12.1 Å². The van der Waals surface area contributed by atoms with E-state index >= 15 is 8.78 Å². The Hall–Kier alpha value is -6.66. The number of halogens is 2. The Labute approximate surface area is 390 Å². The molecular weight excluding hydrogens is 869 g/mol. The normalized spacial score (nSPS) is 15.3. The lowest BCUT2D eigenvalue weighted by Crippen LogP contribution is -2.48. The van der Waals surface area contributed by atoms with Crippen molar-refractivity contribution in [2.24, 2.45) is 9.98 Å². The first-order valence-corrected chi connectivity index (χ1v) is 22.1. The van der Waals surface area contributed by atoms with E-state index in [2.05, 4.69) is 30.8 Å². The van der Waals surface area contributed by atoms with Crippen LogP contribution in [-0.4, -0.2) is 109 Å². The molecule has 67 heavy (non-hydrogen) atoms. The molecule has 0 aliphatic carbocycles. The van der Waals surface area contributed by atoms with Crippen molar-refractivity contribution < 1.29 is 46.9 Å². The molecule has 2 aliphatic heterocycles. The molecule has 0 fully saturated rings. The maximum Gasteiger partial charge on any atom is 0.437 e. The summed E-state index contributed by atoms with van der Waals surface area (Å²) in [6, 6.07) is 9.60. The van der Waals surface area contributed by atoms with Crippen molar-refractivity contribution >= 4 is 47.4 Å². The number of ether oxygens (including phenoxy) is 4. The van der Waals surface area contributed by atoms with Gasteiger partial charge in [0.05, 0.1) is 11.1 Å². The maximum absolute atomic E-state index is 16.1. The van der Waals surface area contributed by atoms with Crippen LogP contribution in [-0.2, 0) is 25.5 Å². The summed E-state index contributed by atoms with van der Waals surface area (Å²) >= 11 is 0. The molecule has 17 nitrogen and oxygen atoms in total. The molecule has 5 rings (SSSR count). The fraction of sp³-hybridized carbons (Fsp3) is 0.500. The second-order valence-electron chi connectivity index (χ2n) is 19.9. The fourth-order valence-corrected chi connectivity index (χ4v) is 6.93. The van der Waals surface area contributed by atoms with Crippen molar-refractivity contribution in [1.29, 1.82) is 0 Å². The van der Waals surface area contributed by atoms with Crippen molar-refractivity contribution in [3.05, 3.63) is 71.3 Å². The summed E-state index contributed by atoms with van der Waals surface area (Å²) in [5.41, 5.74) is 0.0929. The maximum atomic E-state index is 16.1. The van der Waals surface area contributed by atoms with Gasteiger partial charge in [0.15, 0.2) is 11.6 Å². The predicted octanol–water partition coefficient (Wildman–Crippen LogP) is 9.72. The van der Waals surface area contributed by atoms with Crippen LogP contribution in [0.15, 0.2) is 58.5 Å². The monoisotopic (exact) mass is 931 g/mol. The lowest BCUT2D eigenvalue weighted by atomic mass is 9.97. The molecule has 3 heterocycles. The number of hydrogen-bond acceptors (Lipinski definition) is 10. The Morgan fingerprint density at radius 2 is 0.955 bits per heavy atom. The van der Waals surface area contributed by atoms with Gasteiger partial charge in [0.2, 0.25) is 11.9 Å². The van der Waals surface area contributed by atoms with Gasteiger partial charge in [-0.2, -0.15) is 0 Å². The van der Waals surface area contributed by atoms with E-state index in [0.29, 0.717) is 43.6 Å². The van der Waals surface area contributed by atoms with Crippen LogP contribution in [0, 0.1) is 11.6 Å². The van der Waals surface area contributed by atoms with Crippen LogP contribution in [0.2, 0.25) is 0 Å². The number of amides is 4. The van der Waals surface area contributed by atoms with E-state index in [1.807, 2.05) is 19.1 Å². The number of aromatic nitrogens is 3. The molecule has 0 unspecified atom stereocenters. The number of rotatable bonds is 5. The molecule has 0 atom stereocenters. The number of guanidine groups is 2. The second-order valence-corrected chi connectivity index (χ2v) is 19.9. The van der Waals surface area contributed by atoms with Gasteiger partial charge in [-0.3, -0.25) is 10.6 Å². The Morgan fingerprint density at radius 1 is 0.597 bits per heavy atom. The van der Waals surface area contributed by atoms with Crippen LogP contribution in [0.1, 0.15) is 114 Å². The zero-order valence-corrected chi connectivity index (χ0v) is 40.7. The number of alkyl carbamates (subject to hydrolysis) is 2. The molecule has 2 N–H and O–H groups in total. The lowest BCUT2D eigenvalue weighted by molar-refractivity contribution is 0.0536. The number of aliphatic imine (C=N–C) groups is 2. The van der Waals surface area contributed by atoms with E-state index in [9.17, 15) is 19.2 Å². The summed E-state index contributed by atoms with van der Waals surface area (Å²) in [6.07, 6.45) is 1.25. The van der Waals surface area contributed by atoms with Crippen molar-refractivity contribution in [1.82, 2.24) is 35.2 Å². The first-order valence-electron chi connectivity index (χ1n) is 22.1. The van der Waals surface area contributed by atoms with Gasteiger partial charge in [0.25, 0.3) is 0 Å². The topological polar surface area (TPSA) is 191 Å². The second kappa shape index (κ2) is 20.5. The number of nitrogens with one attached hydrogen (secondary N) is 2. The molecule has 0 radical (unpaired) electrons. The summed E-state index contributed by atoms with van der Waals surface area (Å²) in [4.78, 5) is 62.1. The average molecular weight is 932 g/mol. The quantitative estimate of drug-likeness (QED) is 0.140. The van der Waals surface area contributed by atoms with Gasteiger partial charge in [0.1, 0.15) is 34.0 Å². The van der Waals surface area contributed by atoms with Crippen molar-refractivity contribution in [3.63, 3.8) is 0 Å². The summed E-state index contributed by atoms with van der Waals surface area (Å²) in [5, 5.41) is 13.8. The molecule has 0 saturated heterocycles. The fourth-order valence-electron chi connectivity index (χ4n) is 6.93. The van der Waals surface area contributed by atoms with Crippen molar-refractivity contribution in [2.45, 2.75) is 132 Å². The van der Waals surface area contributed by atoms with Crippen LogP contribution < -0.4 is 10.6 Å². The molecule has 362 valence electrons. The highest BCUT2D eigenvalue weighted by Crippen LogP contribution is 2.33. The largest absolute Gasteiger partial charge is 0.444 e. The van der Waals surface area contributed by atoms with Crippen molar-refractivity contribution in [3.8, 4) is 22.8 Å². The Balaban J connectivity index is 1.32. The van der Waals surface area contributed by atoms with Gasteiger partial charge in [-0.25, -0.2) is 28.0 Å². The van der Waals surface area contributed by atoms with Gasteiger partial charge >= 0.3 is 24.4 Å². The van der Waals surface area contributed by atoms with Gasteiger partial charge in [-0.05, 0) is 149 Å². The highest BCUT2D eigenvalue weighted by Gasteiger charge is 2.28. The van der Waals surface area contributed by atoms with Gasteiger partial charge < -0.3 is 33.3 Å². The number of nitrogens with zero attached hydrogens (tertiary/aromatic N) is 7. The third kappa shape index (κ3) is 14.9. The minimum absolute atomic E-state index is 0.0348. The van der Waals surface area contributed by atoms with Gasteiger partial charge in [-0.1, -0.05) is 24.3 Å². The number of benzene rings is 2. The predicted molar refractivity (Wildman–Crippen MR) is 251 cm³/mol. The van der Waals surface area contributed by atoms with E-state index in [1.54, 1.807) is 122 Å². The highest BCUT2D eigenvalue weighted by atomic mass is 19.1. The zero-order valence-electron chi connectivity index (χ0n) is 40.7. The first-order chi connectivity index (χ1) is 31.1. The third-order valence-electron chi connectivity index (χ3n) is 9.65. The first kappa shape index (κ1) is 51.3. The zero-order chi connectivity index (χ0) is 49.6. The Kier molecular flexibility index (Phi) is 15.7. The number of carbonyl (C=O) groups excluding carboxylic acids is 4. The summed E-state index contributed by atoms with van der Waals surface area (Å²) in [6.45, 7) is 23.8.